The first-order valence-electron chi connectivity index (χ1n) is 6.90. The lowest BCUT2D eigenvalue weighted by atomic mass is 10.0. The van der Waals surface area contributed by atoms with Crippen LogP contribution in [0.5, 0.6) is 0 Å². The number of nitrogens with zero attached hydrogens (tertiary/aromatic N) is 1. The van der Waals surface area contributed by atoms with Crippen LogP contribution in [-0.4, -0.2) is 35.0 Å². The molecule has 1 aliphatic heterocycles. The SMILES string of the molecule is CC(C)(C)OC(=O)N1CC(=O)CC1Cc1ccccc1. The second-order valence-electron chi connectivity index (χ2n) is 6.19. The number of carbonyl (C=O) groups is 2. The molecule has 0 aromatic heterocycles. The fourth-order valence-corrected chi connectivity index (χ4v) is 2.36. The Balaban J connectivity index is 2.07. The lowest BCUT2D eigenvalue weighted by Crippen LogP contribution is -2.40. The molecule has 20 heavy (non-hydrogen) atoms. The highest BCUT2D eigenvalue weighted by atomic mass is 16.6. The Labute approximate surface area is 119 Å². The molecule has 0 aliphatic carbocycles. The largest absolute Gasteiger partial charge is 0.444 e. The van der Waals surface area contributed by atoms with Gasteiger partial charge in [-0.25, -0.2) is 4.79 Å². The smallest absolute Gasteiger partial charge is 0.410 e. The van der Waals surface area contributed by atoms with Gasteiger partial charge in [-0.15, -0.1) is 0 Å². The normalized spacial score (nSPS) is 19.2. The van der Waals surface area contributed by atoms with E-state index in [0.717, 1.165) is 5.56 Å². The van der Waals surface area contributed by atoms with E-state index in [0.29, 0.717) is 12.8 Å². The van der Waals surface area contributed by atoms with Crippen LogP contribution in [0.1, 0.15) is 32.8 Å². The van der Waals surface area contributed by atoms with Crippen molar-refractivity contribution in [3.63, 3.8) is 0 Å². The number of hydrogen-bond acceptors (Lipinski definition) is 3. The highest BCUT2D eigenvalue weighted by Gasteiger charge is 2.36. The van der Waals surface area contributed by atoms with Gasteiger partial charge in [0, 0.05) is 12.5 Å². The summed E-state index contributed by atoms with van der Waals surface area (Å²) in [4.78, 5) is 25.4. The number of benzene rings is 1. The van der Waals surface area contributed by atoms with E-state index >= 15 is 0 Å². The first-order valence-corrected chi connectivity index (χ1v) is 6.90. The molecule has 1 aromatic carbocycles. The van der Waals surface area contributed by atoms with Crippen LogP contribution >= 0.6 is 0 Å². The lowest BCUT2D eigenvalue weighted by Gasteiger charge is -2.28. The Morgan fingerprint density at radius 3 is 2.55 bits per heavy atom. The van der Waals surface area contributed by atoms with Gasteiger partial charge >= 0.3 is 6.09 Å². The predicted molar refractivity (Wildman–Crippen MR) is 76.5 cm³/mol. The summed E-state index contributed by atoms with van der Waals surface area (Å²) in [6.07, 6.45) is 0.698. The number of hydrogen-bond donors (Lipinski definition) is 0. The summed E-state index contributed by atoms with van der Waals surface area (Å²) in [5, 5.41) is 0. The van der Waals surface area contributed by atoms with Crippen molar-refractivity contribution in [2.75, 3.05) is 6.54 Å². The highest BCUT2D eigenvalue weighted by molar-refractivity contribution is 5.88. The number of carbonyl (C=O) groups excluding carboxylic acids is 2. The van der Waals surface area contributed by atoms with Gasteiger partial charge in [0.15, 0.2) is 5.78 Å². The van der Waals surface area contributed by atoms with Gasteiger partial charge in [0.05, 0.1) is 6.54 Å². The Kier molecular flexibility index (Phi) is 4.12. The second-order valence-corrected chi connectivity index (χ2v) is 6.19. The van der Waals surface area contributed by atoms with Crippen LogP contribution in [-0.2, 0) is 16.0 Å². The van der Waals surface area contributed by atoms with Gasteiger partial charge in [-0.2, -0.15) is 0 Å². The zero-order valence-corrected chi connectivity index (χ0v) is 12.3. The summed E-state index contributed by atoms with van der Waals surface area (Å²) < 4.78 is 5.37. The minimum Gasteiger partial charge on any atom is -0.444 e. The summed E-state index contributed by atoms with van der Waals surface area (Å²) in [5.74, 6) is 0.0943. The van der Waals surface area contributed by atoms with Crippen LogP contribution in [0.25, 0.3) is 0 Å². The van der Waals surface area contributed by atoms with Gasteiger partial charge in [-0.1, -0.05) is 30.3 Å². The molecule has 1 aliphatic rings. The first-order chi connectivity index (χ1) is 9.35. The minimum atomic E-state index is -0.542. The van der Waals surface area contributed by atoms with Crippen LogP contribution in [0.4, 0.5) is 4.79 Å². The molecule has 0 radical (unpaired) electrons. The predicted octanol–water partition coefficient (Wildman–Crippen LogP) is 2.81. The van der Waals surface area contributed by atoms with Crippen molar-refractivity contribution in [2.45, 2.75) is 45.3 Å². The van der Waals surface area contributed by atoms with Crippen LogP contribution in [0.2, 0.25) is 0 Å². The van der Waals surface area contributed by atoms with Crippen molar-refractivity contribution < 1.29 is 14.3 Å². The third kappa shape index (κ3) is 3.83. The number of Topliss-reactive ketones (excluding diaryl/α,β-unsaturated/α-hetero) is 1. The molecule has 0 N–H and O–H groups in total. The molecular weight excluding hydrogens is 254 g/mol. The summed E-state index contributed by atoms with van der Waals surface area (Å²) >= 11 is 0. The average Bonchev–Trinajstić information content (AvgIpc) is 2.69. The standard InChI is InChI=1S/C16H21NO3/c1-16(2,3)20-15(19)17-11-14(18)10-13(17)9-12-7-5-4-6-8-12/h4-8,13H,9-11H2,1-3H3. The molecule has 0 saturated carbocycles. The monoisotopic (exact) mass is 275 g/mol. The van der Waals surface area contributed by atoms with Crippen molar-refractivity contribution in [2.24, 2.45) is 0 Å². The molecule has 1 atom stereocenters. The molecule has 1 heterocycles. The molecule has 0 spiro atoms. The van der Waals surface area contributed by atoms with Crippen LogP contribution in [0, 0.1) is 0 Å². The molecular formula is C16H21NO3. The molecule has 1 amide bonds. The zero-order valence-electron chi connectivity index (χ0n) is 12.3. The van der Waals surface area contributed by atoms with E-state index in [2.05, 4.69) is 0 Å². The third-order valence-electron chi connectivity index (χ3n) is 3.19. The minimum absolute atomic E-state index is 0.0943. The summed E-state index contributed by atoms with van der Waals surface area (Å²) in [6.45, 7) is 5.64. The molecule has 4 heteroatoms. The zero-order chi connectivity index (χ0) is 14.8. The van der Waals surface area contributed by atoms with Crippen molar-refractivity contribution in [3.05, 3.63) is 35.9 Å². The van der Waals surface area contributed by atoms with Crippen molar-refractivity contribution in [1.29, 1.82) is 0 Å². The average molecular weight is 275 g/mol. The second kappa shape index (κ2) is 5.65. The summed E-state index contributed by atoms with van der Waals surface area (Å²) in [6, 6.07) is 9.80. The maximum atomic E-state index is 12.2. The van der Waals surface area contributed by atoms with Gasteiger partial charge in [-0.3, -0.25) is 9.69 Å². The van der Waals surface area contributed by atoms with Gasteiger partial charge < -0.3 is 4.74 Å². The number of amides is 1. The van der Waals surface area contributed by atoms with Crippen LogP contribution in [0.15, 0.2) is 30.3 Å². The summed E-state index contributed by atoms with van der Waals surface area (Å²) in [5.41, 5.74) is 0.584. The Bertz CT molecular complexity index is 490. The quantitative estimate of drug-likeness (QED) is 0.833. The fourth-order valence-electron chi connectivity index (χ4n) is 2.36. The Morgan fingerprint density at radius 2 is 1.95 bits per heavy atom. The maximum Gasteiger partial charge on any atom is 0.410 e. The Morgan fingerprint density at radius 1 is 1.30 bits per heavy atom. The highest BCUT2D eigenvalue weighted by Crippen LogP contribution is 2.22. The van der Waals surface area contributed by atoms with Crippen molar-refractivity contribution in [1.82, 2.24) is 4.90 Å². The molecule has 4 nitrogen and oxygen atoms in total. The maximum absolute atomic E-state index is 12.2. The molecule has 1 fully saturated rings. The number of ether oxygens (including phenoxy) is 1. The number of rotatable bonds is 2. The van der Waals surface area contributed by atoms with Crippen LogP contribution < -0.4 is 0 Å². The molecule has 1 unspecified atom stereocenters. The van der Waals surface area contributed by atoms with E-state index in [1.807, 2.05) is 51.1 Å². The lowest BCUT2D eigenvalue weighted by molar-refractivity contribution is -0.117. The van der Waals surface area contributed by atoms with E-state index in [9.17, 15) is 9.59 Å². The van der Waals surface area contributed by atoms with Crippen molar-refractivity contribution in [3.8, 4) is 0 Å². The molecule has 0 bridgehead atoms. The van der Waals surface area contributed by atoms with E-state index in [1.54, 1.807) is 4.90 Å². The van der Waals surface area contributed by atoms with Gasteiger partial charge in [-0.05, 0) is 32.8 Å². The molecule has 108 valence electrons. The van der Waals surface area contributed by atoms with E-state index in [4.69, 9.17) is 4.74 Å². The first kappa shape index (κ1) is 14.6. The van der Waals surface area contributed by atoms with Crippen LogP contribution in [0.3, 0.4) is 0 Å². The number of ketones is 1. The van der Waals surface area contributed by atoms with E-state index in [1.165, 1.54) is 0 Å². The molecule has 2 rings (SSSR count). The van der Waals surface area contributed by atoms with Crippen molar-refractivity contribution >= 4 is 11.9 Å². The van der Waals surface area contributed by atoms with Gasteiger partial charge in [0.1, 0.15) is 5.60 Å². The molecule has 1 saturated heterocycles. The third-order valence-corrected chi connectivity index (χ3v) is 3.19. The van der Waals surface area contributed by atoms with Gasteiger partial charge in [0.2, 0.25) is 0 Å². The Hall–Kier alpha value is -1.84. The fraction of sp³-hybridized carbons (Fsp3) is 0.500. The molecule has 1 aromatic rings. The number of likely N-dealkylation sites (tertiary alicyclic amines) is 1. The van der Waals surface area contributed by atoms with Gasteiger partial charge in [0.25, 0.3) is 0 Å². The van der Waals surface area contributed by atoms with E-state index in [-0.39, 0.29) is 18.4 Å². The topological polar surface area (TPSA) is 46.6 Å². The summed E-state index contributed by atoms with van der Waals surface area (Å²) in [7, 11) is 0. The van der Waals surface area contributed by atoms with E-state index < -0.39 is 11.7 Å².